The molecule has 0 spiro atoms. The second-order valence-corrected chi connectivity index (χ2v) is 5.94. The monoisotopic (exact) mass is 357 g/mol. The molecule has 0 aliphatic carbocycles. The van der Waals surface area contributed by atoms with Crippen molar-refractivity contribution in [3.8, 4) is 11.8 Å². The highest BCUT2D eigenvalue weighted by molar-refractivity contribution is 6.21. The SMILES string of the molecule is CCOC(=O)/C(=C\c1ccc2ccc(C#N)cc2c1)c1ccc(OC)cc1. The van der Waals surface area contributed by atoms with Gasteiger partial charge in [-0.25, -0.2) is 4.79 Å². The fourth-order valence-electron chi connectivity index (χ4n) is 2.83. The van der Waals surface area contributed by atoms with Crippen LogP contribution in [-0.2, 0) is 9.53 Å². The van der Waals surface area contributed by atoms with Crippen molar-refractivity contribution in [1.29, 1.82) is 5.26 Å². The van der Waals surface area contributed by atoms with Gasteiger partial charge in [0.1, 0.15) is 5.75 Å². The quantitative estimate of drug-likeness (QED) is 0.373. The number of esters is 1. The van der Waals surface area contributed by atoms with E-state index in [4.69, 9.17) is 14.7 Å². The molecule has 4 nitrogen and oxygen atoms in total. The summed E-state index contributed by atoms with van der Waals surface area (Å²) in [7, 11) is 1.60. The third kappa shape index (κ3) is 4.16. The fourth-order valence-corrected chi connectivity index (χ4v) is 2.83. The first-order valence-electron chi connectivity index (χ1n) is 8.61. The first-order valence-corrected chi connectivity index (χ1v) is 8.61. The van der Waals surface area contributed by atoms with Crippen LogP contribution < -0.4 is 4.74 Å². The van der Waals surface area contributed by atoms with Crippen LogP contribution in [0, 0.1) is 11.3 Å². The number of carbonyl (C=O) groups excluding carboxylic acids is 1. The van der Waals surface area contributed by atoms with E-state index in [2.05, 4.69) is 6.07 Å². The third-order valence-corrected chi connectivity index (χ3v) is 4.20. The molecular weight excluding hydrogens is 338 g/mol. The molecule has 0 amide bonds. The summed E-state index contributed by atoms with van der Waals surface area (Å²) in [6.45, 7) is 2.08. The molecule has 0 bridgehead atoms. The summed E-state index contributed by atoms with van der Waals surface area (Å²) in [5.74, 6) is 0.338. The van der Waals surface area contributed by atoms with E-state index < -0.39 is 0 Å². The lowest BCUT2D eigenvalue weighted by molar-refractivity contribution is -0.136. The number of nitrogens with zero attached hydrogens (tertiary/aromatic N) is 1. The average Bonchev–Trinajstić information content (AvgIpc) is 2.71. The lowest BCUT2D eigenvalue weighted by atomic mass is 10.00. The summed E-state index contributed by atoms with van der Waals surface area (Å²) < 4.78 is 10.4. The molecular formula is C23H19NO3. The number of benzene rings is 3. The maximum atomic E-state index is 12.5. The summed E-state index contributed by atoms with van der Waals surface area (Å²) in [6.07, 6.45) is 1.80. The number of hydrogen-bond acceptors (Lipinski definition) is 4. The van der Waals surface area contributed by atoms with E-state index in [1.165, 1.54) is 0 Å². The van der Waals surface area contributed by atoms with Crippen LogP contribution in [0.5, 0.6) is 5.75 Å². The Bertz CT molecular complexity index is 1040. The van der Waals surface area contributed by atoms with Crippen LogP contribution in [0.2, 0.25) is 0 Å². The molecule has 0 aliphatic heterocycles. The number of ether oxygens (including phenoxy) is 2. The van der Waals surface area contributed by atoms with E-state index in [0.717, 1.165) is 27.6 Å². The van der Waals surface area contributed by atoms with Crippen molar-refractivity contribution in [2.45, 2.75) is 6.92 Å². The Kier molecular flexibility index (Phi) is 5.53. The minimum absolute atomic E-state index is 0.301. The molecule has 0 unspecified atom stereocenters. The van der Waals surface area contributed by atoms with E-state index in [9.17, 15) is 4.79 Å². The number of methoxy groups -OCH3 is 1. The Morgan fingerprint density at radius 1 is 1.04 bits per heavy atom. The van der Waals surface area contributed by atoms with Crippen LogP contribution in [-0.4, -0.2) is 19.7 Å². The van der Waals surface area contributed by atoms with Gasteiger partial charge in [0.25, 0.3) is 0 Å². The van der Waals surface area contributed by atoms with Crippen LogP contribution in [0.25, 0.3) is 22.4 Å². The van der Waals surface area contributed by atoms with E-state index in [0.29, 0.717) is 17.7 Å². The molecule has 0 saturated heterocycles. The van der Waals surface area contributed by atoms with Crippen molar-refractivity contribution in [3.63, 3.8) is 0 Å². The Labute approximate surface area is 158 Å². The summed E-state index contributed by atoms with van der Waals surface area (Å²) >= 11 is 0. The molecule has 0 fully saturated rings. The predicted octanol–water partition coefficient (Wildman–Crippen LogP) is 4.82. The van der Waals surface area contributed by atoms with Crippen molar-refractivity contribution in [2.75, 3.05) is 13.7 Å². The Morgan fingerprint density at radius 2 is 1.78 bits per heavy atom. The zero-order valence-electron chi connectivity index (χ0n) is 15.2. The first kappa shape index (κ1) is 18.2. The normalized spacial score (nSPS) is 11.1. The number of rotatable bonds is 5. The molecule has 0 aromatic heterocycles. The van der Waals surface area contributed by atoms with Crippen LogP contribution in [0.3, 0.4) is 0 Å². The van der Waals surface area contributed by atoms with E-state index in [1.807, 2.05) is 54.6 Å². The smallest absolute Gasteiger partial charge is 0.338 e. The molecule has 3 aromatic rings. The molecule has 3 aromatic carbocycles. The number of carbonyl (C=O) groups is 1. The van der Waals surface area contributed by atoms with Gasteiger partial charge in [-0.15, -0.1) is 0 Å². The minimum atomic E-state index is -0.381. The Balaban J connectivity index is 2.07. The van der Waals surface area contributed by atoms with Crippen molar-refractivity contribution in [1.82, 2.24) is 0 Å². The maximum Gasteiger partial charge on any atom is 0.338 e. The molecule has 0 aliphatic rings. The lowest BCUT2D eigenvalue weighted by Gasteiger charge is -2.09. The van der Waals surface area contributed by atoms with Gasteiger partial charge in [-0.05, 0) is 65.2 Å². The largest absolute Gasteiger partial charge is 0.497 e. The second kappa shape index (κ2) is 8.20. The van der Waals surface area contributed by atoms with Crippen LogP contribution in [0.1, 0.15) is 23.6 Å². The Morgan fingerprint density at radius 3 is 2.44 bits per heavy atom. The van der Waals surface area contributed by atoms with Crippen molar-refractivity contribution in [3.05, 3.63) is 77.4 Å². The molecule has 3 rings (SSSR count). The van der Waals surface area contributed by atoms with Crippen molar-refractivity contribution < 1.29 is 14.3 Å². The van der Waals surface area contributed by atoms with Gasteiger partial charge in [0.2, 0.25) is 0 Å². The summed E-state index contributed by atoms with van der Waals surface area (Å²) in [4.78, 5) is 12.5. The molecule has 4 heteroatoms. The number of hydrogen-bond donors (Lipinski definition) is 0. The van der Waals surface area contributed by atoms with Gasteiger partial charge in [-0.1, -0.05) is 30.3 Å². The zero-order valence-corrected chi connectivity index (χ0v) is 15.2. The predicted molar refractivity (Wildman–Crippen MR) is 106 cm³/mol. The van der Waals surface area contributed by atoms with E-state index in [-0.39, 0.29) is 5.97 Å². The molecule has 0 atom stereocenters. The fraction of sp³-hybridized carbons (Fsp3) is 0.130. The lowest BCUT2D eigenvalue weighted by Crippen LogP contribution is -2.06. The summed E-state index contributed by atoms with van der Waals surface area (Å²) in [5, 5.41) is 11.1. The standard InChI is InChI=1S/C23H19NO3/c1-3-27-23(25)22(19-8-10-21(26-2)11-9-19)14-16-4-6-18-7-5-17(15-24)13-20(18)12-16/h4-14H,3H2,1-2H3/b22-14-. The molecule has 0 N–H and O–H groups in total. The van der Waals surface area contributed by atoms with Crippen molar-refractivity contribution in [2.24, 2.45) is 0 Å². The van der Waals surface area contributed by atoms with Crippen LogP contribution in [0.4, 0.5) is 0 Å². The number of nitriles is 1. The van der Waals surface area contributed by atoms with Gasteiger partial charge in [0.05, 0.1) is 30.9 Å². The molecule has 0 radical (unpaired) electrons. The highest BCUT2D eigenvalue weighted by Crippen LogP contribution is 2.25. The topological polar surface area (TPSA) is 59.3 Å². The van der Waals surface area contributed by atoms with Gasteiger partial charge in [-0.2, -0.15) is 5.26 Å². The zero-order chi connectivity index (χ0) is 19.2. The van der Waals surface area contributed by atoms with Crippen molar-refractivity contribution >= 4 is 28.4 Å². The maximum absolute atomic E-state index is 12.5. The van der Waals surface area contributed by atoms with Crippen LogP contribution in [0.15, 0.2) is 60.7 Å². The van der Waals surface area contributed by atoms with Gasteiger partial charge >= 0.3 is 5.97 Å². The Hall–Kier alpha value is -3.58. The molecule has 0 heterocycles. The molecule has 27 heavy (non-hydrogen) atoms. The summed E-state index contributed by atoms with van der Waals surface area (Å²) in [5.41, 5.74) is 2.68. The van der Waals surface area contributed by atoms with Gasteiger partial charge in [-0.3, -0.25) is 0 Å². The molecule has 134 valence electrons. The minimum Gasteiger partial charge on any atom is -0.497 e. The van der Waals surface area contributed by atoms with E-state index >= 15 is 0 Å². The van der Waals surface area contributed by atoms with Gasteiger partial charge < -0.3 is 9.47 Å². The van der Waals surface area contributed by atoms with Crippen LogP contribution >= 0.6 is 0 Å². The van der Waals surface area contributed by atoms with Gasteiger partial charge in [0, 0.05) is 0 Å². The molecule has 0 saturated carbocycles. The summed E-state index contributed by atoms with van der Waals surface area (Å²) in [6, 6.07) is 20.8. The highest BCUT2D eigenvalue weighted by atomic mass is 16.5. The number of fused-ring (bicyclic) bond motifs is 1. The van der Waals surface area contributed by atoms with Gasteiger partial charge in [0.15, 0.2) is 0 Å². The third-order valence-electron chi connectivity index (χ3n) is 4.20. The van der Waals surface area contributed by atoms with E-state index in [1.54, 1.807) is 26.2 Å². The average molecular weight is 357 g/mol. The highest BCUT2D eigenvalue weighted by Gasteiger charge is 2.14. The second-order valence-electron chi connectivity index (χ2n) is 5.94. The first-order chi connectivity index (χ1) is 13.1.